The molecule has 8 heteroatoms. The van der Waals surface area contributed by atoms with Gasteiger partial charge >= 0.3 is 0 Å². The molecule has 0 radical (unpaired) electrons. The molecule has 0 saturated carbocycles. The second-order valence-corrected chi connectivity index (χ2v) is 8.51. The lowest BCUT2D eigenvalue weighted by atomic mass is 10.1. The molecule has 1 aliphatic heterocycles. The molecule has 1 fully saturated rings. The minimum absolute atomic E-state index is 0.0493. The van der Waals surface area contributed by atoms with Crippen molar-refractivity contribution in [2.24, 2.45) is 4.99 Å². The summed E-state index contributed by atoms with van der Waals surface area (Å²) in [6, 6.07) is 23.6. The van der Waals surface area contributed by atoms with Gasteiger partial charge in [0.15, 0.2) is 0 Å². The van der Waals surface area contributed by atoms with E-state index in [4.69, 9.17) is 15.5 Å². The molecule has 35 heavy (non-hydrogen) atoms. The van der Waals surface area contributed by atoms with Gasteiger partial charge in [-0.25, -0.2) is 0 Å². The zero-order valence-corrected chi connectivity index (χ0v) is 19.4. The summed E-state index contributed by atoms with van der Waals surface area (Å²) in [7, 11) is 0. The third-order valence-electron chi connectivity index (χ3n) is 6.03. The Morgan fingerprint density at radius 3 is 2.63 bits per heavy atom. The lowest BCUT2D eigenvalue weighted by Crippen LogP contribution is -2.22. The van der Waals surface area contributed by atoms with Crippen LogP contribution in [0.25, 0.3) is 11.3 Å². The highest BCUT2D eigenvalue weighted by atomic mass is 16.5. The highest BCUT2D eigenvalue weighted by Gasteiger charge is 2.22. The largest absolute Gasteiger partial charge is 0.383 e. The summed E-state index contributed by atoms with van der Waals surface area (Å²) in [6.07, 6.45) is 3.80. The highest BCUT2D eigenvalue weighted by Crippen LogP contribution is 2.20. The Morgan fingerprint density at radius 1 is 1.11 bits per heavy atom. The molecule has 1 saturated heterocycles. The van der Waals surface area contributed by atoms with Crippen LogP contribution in [-0.2, 0) is 17.8 Å². The average Bonchev–Trinajstić information content (AvgIpc) is 3.51. The van der Waals surface area contributed by atoms with Crippen LogP contribution >= 0.6 is 0 Å². The topological polar surface area (TPSA) is 110 Å². The molecule has 1 unspecified atom stereocenters. The van der Waals surface area contributed by atoms with E-state index in [2.05, 4.69) is 15.4 Å². The van der Waals surface area contributed by atoms with E-state index in [1.807, 2.05) is 72.8 Å². The van der Waals surface area contributed by atoms with Crippen LogP contribution < -0.4 is 16.6 Å². The van der Waals surface area contributed by atoms with Crippen LogP contribution in [0.4, 0.5) is 11.5 Å². The number of ether oxygens (including phenoxy) is 1. The van der Waals surface area contributed by atoms with Crippen LogP contribution in [0.5, 0.6) is 0 Å². The fourth-order valence-electron chi connectivity index (χ4n) is 4.18. The molecule has 2 aromatic carbocycles. The van der Waals surface area contributed by atoms with Gasteiger partial charge in [0, 0.05) is 24.1 Å². The molecule has 0 bridgehead atoms. The van der Waals surface area contributed by atoms with Crippen LogP contribution in [0.1, 0.15) is 24.0 Å². The monoisotopic (exact) mass is 468 g/mol. The van der Waals surface area contributed by atoms with E-state index in [-0.39, 0.29) is 11.7 Å². The first-order valence-corrected chi connectivity index (χ1v) is 11.7. The molecule has 8 nitrogen and oxygen atoms in total. The normalized spacial score (nSPS) is 15.9. The minimum atomic E-state index is -0.284. The number of rotatable bonds is 7. The van der Waals surface area contributed by atoms with Gasteiger partial charge in [0.2, 0.25) is 0 Å². The van der Waals surface area contributed by atoms with E-state index >= 15 is 0 Å². The Bertz CT molecular complexity index is 1340. The summed E-state index contributed by atoms with van der Waals surface area (Å²) in [5, 5.41) is 6.15. The number of aromatic nitrogens is 3. The van der Waals surface area contributed by atoms with Gasteiger partial charge in [-0.1, -0.05) is 48.5 Å². The van der Waals surface area contributed by atoms with E-state index in [1.54, 1.807) is 10.9 Å². The number of hydrogen-bond acceptors (Lipinski definition) is 5. The van der Waals surface area contributed by atoms with Crippen molar-refractivity contribution in [2.45, 2.75) is 32.0 Å². The molecular formula is C27H28N6O2. The van der Waals surface area contributed by atoms with Crippen LogP contribution in [0.3, 0.4) is 0 Å². The van der Waals surface area contributed by atoms with E-state index in [1.165, 1.54) is 0 Å². The van der Waals surface area contributed by atoms with E-state index in [0.717, 1.165) is 42.0 Å². The smallest absolute Gasteiger partial charge is 0.277 e. The van der Waals surface area contributed by atoms with Gasteiger partial charge in [-0.05, 0) is 42.7 Å². The number of nitrogens with one attached hydrogen (secondary N) is 2. The molecule has 0 amide bonds. The number of benzene rings is 2. The van der Waals surface area contributed by atoms with E-state index < -0.39 is 0 Å². The summed E-state index contributed by atoms with van der Waals surface area (Å²) >= 11 is 0. The zero-order valence-electron chi connectivity index (χ0n) is 19.4. The SMILES string of the molecule is Nc1c(C(=NCc2ccc(-c3ccccn3)cc2)Nc2ccccc2)c(=O)[nH]n1CC1CCCO1. The summed E-state index contributed by atoms with van der Waals surface area (Å²) in [4.78, 5) is 22.1. The van der Waals surface area contributed by atoms with Crippen molar-refractivity contribution in [2.75, 3.05) is 17.7 Å². The number of anilines is 2. The quantitative estimate of drug-likeness (QED) is 0.280. The lowest BCUT2D eigenvalue weighted by Gasteiger charge is -2.13. The van der Waals surface area contributed by atoms with Gasteiger partial charge in [0.25, 0.3) is 5.56 Å². The maximum absolute atomic E-state index is 13.0. The van der Waals surface area contributed by atoms with E-state index in [9.17, 15) is 4.79 Å². The van der Waals surface area contributed by atoms with Crippen molar-refractivity contribution in [1.82, 2.24) is 14.8 Å². The standard InChI is InChI=1S/C27H28N6O2/c28-25-24(27(34)32-33(25)18-22-9-6-16-35-22)26(31-21-7-2-1-3-8-21)30-17-19-11-13-20(14-12-19)23-10-4-5-15-29-23/h1-5,7-8,10-15,22H,6,9,16-18,28H2,(H,30,31)(H,32,34). The number of nitrogens with zero attached hydrogens (tertiary/aromatic N) is 3. The summed E-state index contributed by atoms with van der Waals surface area (Å²) in [5.74, 6) is 0.771. The highest BCUT2D eigenvalue weighted by molar-refractivity contribution is 6.10. The summed E-state index contributed by atoms with van der Waals surface area (Å²) in [6.45, 7) is 1.63. The van der Waals surface area contributed by atoms with Gasteiger partial charge in [-0.15, -0.1) is 0 Å². The number of H-pyrrole nitrogens is 1. The van der Waals surface area contributed by atoms with Gasteiger partial charge in [0.05, 0.1) is 24.9 Å². The molecule has 5 rings (SSSR count). The van der Waals surface area contributed by atoms with Crippen molar-refractivity contribution in [1.29, 1.82) is 0 Å². The number of nitrogen functional groups attached to an aromatic ring is 1. The number of hydrogen-bond donors (Lipinski definition) is 3. The lowest BCUT2D eigenvalue weighted by molar-refractivity contribution is 0.0944. The third kappa shape index (κ3) is 5.33. The summed E-state index contributed by atoms with van der Waals surface area (Å²) < 4.78 is 7.38. The van der Waals surface area contributed by atoms with Gasteiger partial charge in [-0.3, -0.25) is 24.6 Å². The number of aromatic amines is 1. The molecule has 4 N–H and O–H groups in total. The first kappa shape index (κ1) is 22.6. The van der Waals surface area contributed by atoms with E-state index in [0.29, 0.717) is 30.3 Å². The predicted molar refractivity (Wildman–Crippen MR) is 138 cm³/mol. The third-order valence-corrected chi connectivity index (χ3v) is 6.03. The van der Waals surface area contributed by atoms with Crippen molar-refractivity contribution in [3.8, 4) is 11.3 Å². The van der Waals surface area contributed by atoms with Crippen molar-refractivity contribution in [3.05, 3.63) is 100 Å². The van der Waals surface area contributed by atoms with Gasteiger partial charge < -0.3 is 15.8 Å². The molecular weight excluding hydrogens is 440 g/mol. The Balaban J connectivity index is 1.42. The fourth-order valence-corrected chi connectivity index (χ4v) is 4.18. The minimum Gasteiger partial charge on any atom is -0.383 e. The molecule has 1 atom stereocenters. The molecule has 178 valence electrons. The van der Waals surface area contributed by atoms with Crippen molar-refractivity contribution < 1.29 is 4.74 Å². The maximum atomic E-state index is 13.0. The first-order valence-electron chi connectivity index (χ1n) is 11.7. The van der Waals surface area contributed by atoms with Gasteiger partial charge in [-0.2, -0.15) is 0 Å². The average molecular weight is 469 g/mol. The molecule has 1 aliphatic rings. The number of aliphatic imine (C=N–C) groups is 1. The Kier molecular flexibility index (Phi) is 6.72. The van der Waals surface area contributed by atoms with Crippen molar-refractivity contribution >= 4 is 17.3 Å². The number of nitrogens with two attached hydrogens (primary N) is 1. The molecule has 2 aromatic heterocycles. The maximum Gasteiger partial charge on any atom is 0.277 e. The van der Waals surface area contributed by atoms with Crippen LogP contribution in [0.15, 0.2) is 88.8 Å². The molecule has 0 spiro atoms. The Labute approximate surface area is 203 Å². The second kappa shape index (κ2) is 10.4. The van der Waals surface area contributed by atoms with Crippen LogP contribution in [0, 0.1) is 0 Å². The first-order chi connectivity index (χ1) is 17.2. The van der Waals surface area contributed by atoms with Crippen LogP contribution in [0.2, 0.25) is 0 Å². The van der Waals surface area contributed by atoms with Gasteiger partial charge in [0.1, 0.15) is 17.2 Å². The Morgan fingerprint density at radius 2 is 1.91 bits per heavy atom. The molecule has 3 heterocycles. The number of pyridine rings is 1. The zero-order chi connectivity index (χ0) is 24.0. The fraction of sp³-hybridized carbons (Fsp3) is 0.222. The van der Waals surface area contributed by atoms with Crippen molar-refractivity contribution in [3.63, 3.8) is 0 Å². The molecule has 4 aromatic rings. The second-order valence-electron chi connectivity index (χ2n) is 8.51. The van der Waals surface area contributed by atoms with Crippen LogP contribution in [-0.4, -0.2) is 33.3 Å². The molecule has 0 aliphatic carbocycles. The summed E-state index contributed by atoms with van der Waals surface area (Å²) in [5.41, 5.74) is 10.3. The Hall–Kier alpha value is -4.17. The predicted octanol–water partition coefficient (Wildman–Crippen LogP) is 4.06. The number of para-hydroxylation sites is 1. The number of amidine groups is 1.